The molecule has 3 N–H and O–H groups in total. The Morgan fingerprint density at radius 1 is 1.12 bits per heavy atom. The fraction of sp³-hybridized carbons (Fsp3) is 0.304. The summed E-state index contributed by atoms with van der Waals surface area (Å²) >= 11 is 3.43. The summed E-state index contributed by atoms with van der Waals surface area (Å²) in [6.07, 6.45) is 6.15. The molecule has 1 aromatic carbocycles. The minimum Gasteiger partial charge on any atom is -0.474 e. The van der Waals surface area contributed by atoms with Gasteiger partial charge in [0.1, 0.15) is 11.7 Å². The fourth-order valence-corrected chi connectivity index (χ4v) is 4.16. The van der Waals surface area contributed by atoms with Crippen LogP contribution in [0.2, 0.25) is 0 Å². The molecule has 0 aliphatic heterocycles. The Morgan fingerprint density at radius 3 is 2.53 bits per heavy atom. The van der Waals surface area contributed by atoms with E-state index in [0.29, 0.717) is 5.56 Å². The van der Waals surface area contributed by atoms with Crippen LogP contribution in [0.25, 0.3) is 5.69 Å². The van der Waals surface area contributed by atoms with Crippen molar-refractivity contribution in [3.8, 4) is 11.6 Å². The number of nitrogens with one attached hydrogen (secondary N) is 1. The van der Waals surface area contributed by atoms with E-state index in [1.54, 1.807) is 29.2 Å². The molecule has 0 spiro atoms. The number of ether oxygens (including phenoxy) is 1. The van der Waals surface area contributed by atoms with Crippen LogP contribution in [0.5, 0.6) is 5.88 Å². The second-order valence-electron chi connectivity index (χ2n) is 7.82. The largest absolute Gasteiger partial charge is 0.474 e. The molecule has 1 saturated carbocycles. The molecule has 0 bridgehead atoms. The van der Waals surface area contributed by atoms with Crippen LogP contribution in [-0.4, -0.2) is 38.7 Å². The normalized spacial score (nSPS) is 18.2. The maximum atomic E-state index is 12.9. The van der Waals surface area contributed by atoms with Crippen molar-refractivity contribution in [3.05, 3.63) is 70.1 Å². The molecule has 4 rings (SSSR count). The van der Waals surface area contributed by atoms with E-state index in [0.717, 1.165) is 41.5 Å². The number of aromatic nitrogens is 3. The van der Waals surface area contributed by atoms with Gasteiger partial charge >= 0.3 is 0 Å². The number of pyridine rings is 1. The number of hydrogen-bond acceptors (Lipinski definition) is 5. The topological polar surface area (TPSA) is 112 Å². The number of primary amides is 1. The molecule has 0 radical (unpaired) electrons. The zero-order valence-electron chi connectivity index (χ0n) is 17.6. The van der Waals surface area contributed by atoms with E-state index in [1.807, 2.05) is 31.2 Å². The van der Waals surface area contributed by atoms with Crippen molar-refractivity contribution in [2.24, 2.45) is 5.73 Å². The number of benzene rings is 1. The minimum absolute atomic E-state index is 0.0529. The van der Waals surface area contributed by atoms with Gasteiger partial charge in [-0.3, -0.25) is 9.59 Å². The summed E-state index contributed by atoms with van der Waals surface area (Å²) in [5.74, 6) is -0.424. The lowest BCUT2D eigenvalue weighted by molar-refractivity contribution is 0.0880. The van der Waals surface area contributed by atoms with Gasteiger partial charge in [0.05, 0.1) is 23.1 Å². The van der Waals surface area contributed by atoms with Crippen LogP contribution in [0.15, 0.2) is 53.3 Å². The Morgan fingerprint density at radius 2 is 1.84 bits per heavy atom. The van der Waals surface area contributed by atoms with E-state index >= 15 is 0 Å². The summed E-state index contributed by atoms with van der Waals surface area (Å²) in [5.41, 5.74) is 7.92. The van der Waals surface area contributed by atoms with E-state index < -0.39 is 5.91 Å². The molecule has 2 amide bonds. The lowest BCUT2D eigenvalue weighted by Crippen LogP contribution is -2.40. The molecule has 3 aromatic rings. The van der Waals surface area contributed by atoms with E-state index in [4.69, 9.17) is 10.5 Å². The third-order valence-electron chi connectivity index (χ3n) is 5.65. The molecule has 1 fully saturated rings. The molecule has 32 heavy (non-hydrogen) atoms. The molecule has 2 aromatic heterocycles. The molecule has 166 valence electrons. The molecule has 9 heteroatoms. The quantitative estimate of drug-likeness (QED) is 0.540. The van der Waals surface area contributed by atoms with Crippen molar-refractivity contribution in [2.75, 3.05) is 0 Å². The van der Waals surface area contributed by atoms with Gasteiger partial charge in [0, 0.05) is 16.7 Å². The lowest BCUT2D eigenvalue weighted by atomic mass is 9.92. The monoisotopic (exact) mass is 497 g/mol. The predicted octanol–water partition coefficient (Wildman–Crippen LogP) is 3.56. The summed E-state index contributed by atoms with van der Waals surface area (Å²) in [4.78, 5) is 28.6. The zero-order valence-corrected chi connectivity index (χ0v) is 19.2. The van der Waals surface area contributed by atoms with Gasteiger partial charge in [0.2, 0.25) is 5.88 Å². The number of halogens is 1. The highest BCUT2D eigenvalue weighted by molar-refractivity contribution is 9.10. The van der Waals surface area contributed by atoms with Crippen molar-refractivity contribution in [2.45, 2.75) is 44.8 Å². The van der Waals surface area contributed by atoms with Gasteiger partial charge in [-0.05, 0) is 69.0 Å². The smallest absolute Gasteiger partial charge is 0.254 e. The van der Waals surface area contributed by atoms with Gasteiger partial charge in [0.25, 0.3) is 11.8 Å². The molecule has 0 unspecified atom stereocenters. The molecular formula is C23H24BrN5O3. The van der Waals surface area contributed by atoms with Gasteiger partial charge in [-0.25, -0.2) is 9.67 Å². The Kier molecular flexibility index (Phi) is 6.55. The van der Waals surface area contributed by atoms with Crippen LogP contribution < -0.4 is 15.8 Å². The Hall–Kier alpha value is -3.20. The number of nitrogens with two attached hydrogens (primary N) is 1. The summed E-state index contributed by atoms with van der Waals surface area (Å²) in [6.45, 7) is 1.89. The van der Waals surface area contributed by atoms with Crippen LogP contribution in [0.4, 0.5) is 0 Å². The maximum absolute atomic E-state index is 12.9. The molecule has 2 heterocycles. The Labute approximate surface area is 194 Å². The third kappa shape index (κ3) is 4.83. The first kappa shape index (κ1) is 22.0. The minimum atomic E-state index is -0.562. The Bertz CT molecular complexity index is 1120. The van der Waals surface area contributed by atoms with Gasteiger partial charge in [-0.1, -0.05) is 15.9 Å². The number of nitrogens with zero attached hydrogens (tertiary/aromatic N) is 3. The van der Waals surface area contributed by atoms with E-state index in [2.05, 4.69) is 31.3 Å². The van der Waals surface area contributed by atoms with Gasteiger partial charge < -0.3 is 15.8 Å². The summed E-state index contributed by atoms with van der Waals surface area (Å²) < 4.78 is 8.67. The van der Waals surface area contributed by atoms with Crippen LogP contribution in [0.3, 0.4) is 0 Å². The van der Waals surface area contributed by atoms with Gasteiger partial charge in [-0.2, -0.15) is 5.10 Å². The van der Waals surface area contributed by atoms with E-state index in [-0.39, 0.29) is 29.5 Å². The standard InChI is InChI=1S/C23H24BrN5O3/c1-14-20(13-27-29(14)17-8-4-15(24)5-9-17)22(31)28-16-6-10-18(11-7-16)32-23-19(21(25)30)3-2-12-26-23/h2-5,8-9,12-13,16,18H,6-7,10-11H2,1H3,(H2,25,30)(H,28,31). The van der Waals surface area contributed by atoms with Crippen LogP contribution in [-0.2, 0) is 0 Å². The molecule has 8 nitrogen and oxygen atoms in total. The average Bonchev–Trinajstić information content (AvgIpc) is 3.17. The molecule has 1 aliphatic rings. The second-order valence-corrected chi connectivity index (χ2v) is 8.73. The van der Waals surface area contributed by atoms with Gasteiger partial charge in [-0.15, -0.1) is 0 Å². The first-order valence-electron chi connectivity index (χ1n) is 10.5. The SMILES string of the molecule is Cc1c(C(=O)NC2CCC(Oc3ncccc3C(N)=O)CC2)cnn1-c1ccc(Br)cc1. The van der Waals surface area contributed by atoms with Crippen molar-refractivity contribution in [3.63, 3.8) is 0 Å². The van der Waals surface area contributed by atoms with Crippen molar-refractivity contribution >= 4 is 27.7 Å². The van der Waals surface area contributed by atoms with E-state index in [9.17, 15) is 9.59 Å². The summed E-state index contributed by atoms with van der Waals surface area (Å²) in [7, 11) is 0. The number of hydrogen-bond donors (Lipinski definition) is 2. The van der Waals surface area contributed by atoms with Crippen molar-refractivity contribution in [1.29, 1.82) is 0 Å². The van der Waals surface area contributed by atoms with Crippen molar-refractivity contribution < 1.29 is 14.3 Å². The van der Waals surface area contributed by atoms with Crippen LogP contribution in [0, 0.1) is 6.92 Å². The van der Waals surface area contributed by atoms with Crippen molar-refractivity contribution in [1.82, 2.24) is 20.1 Å². The Balaban J connectivity index is 1.34. The predicted molar refractivity (Wildman–Crippen MR) is 123 cm³/mol. The zero-order chi connectivity index (χ0) is 22.7. The fourth-order valence-electron chi connectivity index (χ4n) is 3.89. The first-order chi connectivity index (χ1) is 15.4. The molecule has 0 saturated heterocycles. The van der Waals surface area contributed by atoms with E-state index in [1.165, 1.54) is 0 Å². The highest BCUT2D eigenvalue weighted by atomic mass is 79.9. The average molecular weight is 498 g/mol. The first-order valence-corrected chi connectivity index (χ1v) is 11.2. The highest BCUT2D eigenvalue weighted by Gasteiger charge is 2.26. The third-order valence-corrected chi connectivity index (χ3v) is 6.18. The maximum Gasteiger partial charge on any atom is 0.254 e. The van der Waals surface area contributed by atoms with Crippen LogP contribution >= 0.6 is 15.9 Å². The molecule has 0 atom stereocenters. The van der Waals surface area contributed by atoms with Crippen LogP contribution in [0.1, 0.15) is 52.1 Å². The highest BCUT2D eigenvalue weighted by Crippen LogP contribution is 2.25. The number of rotatable bonds is 6. The van der Waals surface area contributed by atoms with Gasteiger partial charge in [0.15, 0.2) is 0 Å². The summed E-state index contributed by atoms with van der Waals surface area (Å²) in [6, 6.07) is 11.1. The lowest BCUT2D eigenvalue weighted by Gasteiger charge is -2.29. The second kappa shape index (κ2) is 9.52. The number of carbonyl (C=O) groups excluding carboxylic acids is 2. The molecular weight excluding hydrogens is 474 g/mol. The summed E-state index contributed by atoms with van der Waals surface area (Å²) in [5, 5.41) is 7.51. The number of amides is 2. The molecule has 1 aliphatic carbocycles. The number of carbonyl (C=O) groups is 2.